The van der Waals surface area contributed by atoms with Crippen LogP contribution in [0.3, 0.4) is 0 Å². The number of hydrogen-bond donors (Lipinski definition) is 1. The van der Waals surface area contributed by atoms with E-state index in [0.717, 1.165) is 34.7 Å². The molecule has 0 saturated carbocycles. The Morgan fingerprint density at radius 1 is 1.16 bits per heavy atom. The fraction of sp³-hybridized carbons (Fsp3) is 0.304. The highest BCUT2D eigenvalue weighted by Crippen LogP contribution is 2.44. The van der Waals surface area contributed by atoms with Crippen molar-refractivity contribution in [2.75, 3.05) is 18.4 Å². The lowest BCUT2D eigenvalue weighted by molar-refractivity contribution is 0.102. The van der Waals surface area contributed by atoms with Gasteiger partial charge in [-0.2, -0.15) is 4.31 Å². The summed E-state index contributed by atoms with van der Waals surface area (Å²) in [7, 11) is -3.54. The van der Waals surface area contributed by atoms with Crippen LogP contribution in [-0.2, 0) is 15.8 Å². The maximum absolute atomic E-state index is 12.9. The van der Waals surface area contributed by atoms with Crippen LogP contribution in [0.5, 0.6) is 0 Å². The summed E-state index contributed by atoms with van der Waals surface area (Å²) in [5.74, 6) is 0.896. The third kappa shape index (κ3) is 4.10. The van der Waals surface area contributed by atoms with Crippen LogP contribution in [0.1, 0.15) is 35.0 Å². The van der Waals surface area contributed by atoms with Crippen molar-refractivity contribution in [1.82, 2.24) is 9.29 Å². The van der Waals surface area contributed by atoms with Crippen LogP contribution in [0.2, 0.25) is 0 Å². The Morgan fingerprint density at radius 2 is 1.94 bits per heavy atom. The maximum atomic E-state index is 12.9. The van der Waals surface area contributed by atoms with E-state index in [9.17, 15) is 13.2 Å². The number of hydrogen-bond acceptors (Lipinski definition) is 6. The Bertz CT molecular complexity index is 1270. The maximum Gasteiger partial charge on any atom is 0.257 e. The molecule has 0 spiro atoms. The van der Waals surface area contributed by atoms with Crippen molar-refractivity contribution < 1.29 is 13.2 Å². The molecule has 1 aromatic heterocycles. The molecule has 5 rings (SSSR count). The number of carbonyl (C=O) groups is 1. The summed E-state index contributed by atoms with van der Waals surface area (Å²) in [6, 6.07) is 14.3. The Morgan fingerprint density at radius 3 is 2.72 bits per heavy atom. The Kier molecular flexibility index (Phi) is 5.83. The first-order chi connectivity index (χ1) is 15.4. The summed E-state index contributed by atoms with van der Waals surface area (Å²) in [5, 5.41) is 3.43. The van der Waals surface area contributed by atoms with Crippen LogP contribution < -0.4 is 5.32 Å². The van der Waals surface area contributed by atoms with Crippen LogP contribution in [0.25, 0.3) is 11.3 Å². The fourth-order valence-corrected chi connectivity index (χ4v) is 7.80. The summed E-state index contributed by atoms with van der Waals surface area (Å²) >= 11 is 3.25. The molecule has 0 unspecified atom stereocenters. The van der Waals surface area contributed by atoms with Crippen molar-refractivity contribution in [1.29, 1.82) is 0 Å². The zero-order valence-corrected chi connectivity index (χ0v) is 20.0. The molecule has 9 heteroatoms. The van der Waals surface area contributed by atoms with E-state index in [-0.39, 0.29) is 10.8 Å². The van der Waals surface area contributed by atoms with Gasteiger partial charge in [0.15, 0.2) is 5.13 Å². The molecule has 1 fully saturated rings. The van der Waals surface area contributed by atoms with Gasteiger partial charge in [-0.1, -0.05) is 25.1 Å². The molecule has 32 heavy (non-hydrogen) atoms. The minimum atomic E-state index is -3.54. The number of rotatable bonds is 4. The first-order valence-corrected chi connectivity index (χ1v) is 13.8. The van der Waals surface area contributed by atoms with Crippen LogP contribution in [0.15, 0.2) is 58.3 Å². The summed E-state index contributed by atoms with van der Waals surface area (Å²) < 4.78 is 27.4. The third-order valence-corrected chi connectivity index (χ3v) is 9.93. The first-order valence-electron chi connectivity index (χ1n) is 10.6. The van der Waals surface area contributed by atoms with Gasteiger partial charge in [-0.25, -0.2) is 13.4 Å². The average Bonchev–Trinajstić information content (AvgIpc) is 3.22. The fourth-order valence-electron chi connectivity index (χ4n) is 4.11. The molecular formula is C23H23N3O3S3. The number of amides is 1. The number of fused-ring (bicyclic) bond motifs is 3. The van der Waals surface area contributed by atoms with E-state index in [1.165, 1.54) is 28.4 Å². The lowest BCUT2D eigenvalue weighted by Gasteiger charge is -2.30. The second-order valence-corrected chi connectivity index (χ2v) is 12.2. The molecule has 0 bridgehead atoms. The van der Waals surface area contributed by atoms with Crippen molar-refractivity contribution in [3.8, 4) is 11.3 Å². The zero-order valence-electron chi connectivity index (χ0n) is 17.6. The third-order valence-electron chi connectivity index (χ3n) is 5.79. The molecule has 2 aromatic carbocycles. The van der Waals surface area contributed by atoms with E-state index < -0.39 is 10.0 Å². The van der Waals surface area contributed by atoms with E-state index >= 15 is 0 Å². The molecule has 1 saturated heterocycles. The molecule has 1 atom stereocenters. The van der Waals surface area contributed by atoms with Crippen LogP contribution in [-0.4, -0.2) is 36.7 Å². The molecule has 1 N–H and O–H groups in total. The number of piperidine rings is 1. The molecule has 2 aliphatic rings. The van der Waals surface area contributed by atoms with Gasteiger partial charge >= 0.3 is 0 Å². The summed E-state index contributed by atoms with van der Waals surface area (Å²) in [6.07, 6.45) is 1.93. The topological polar surface area (TPSA) is 79.4 Å². The highest BCUT2D eigenvalue weighted by molar-refractivity contribution is 7.98. The van der Waals surface area contributed by atoms with Gasteiger partial charge < -0.3 is 0 Å². The van der Waals surface area contributed by atoms with Gasteiger partial charge in [-0.15, -0.1) is 23.1 Å². The number of aromatic nitrogens is 1. The smallest absolute Gasteiger partial charge is 0.257 e. The average molecular weight is 486 g/mol. The van der Waals surface area contributed by atoms with Gasteiger partial charge in [0.05, 0.1) is 10.6 Å². The normalized spacial score (nSPS) is 18.6. The highest BCUT2D eigenvalue weighted by Gasteiger charge is 2.29. The van der Waals surface area contributed by atoms with Crippen LogP contribution in [0, 0.1) is 5.92 Å². The standard InChI is InChI=1S/C23H23N3O3S3/c1-15-5-4-12-26(13-15)32(28,29)17-10-8-16(9-11-17)22(27)25-23-24-21-18-6-2-3-7-19(18)30-14-20(21)31-23/h2-3,6-11,15H,4-5,12-14H2,1H3,(H,24,25,27)/t15-/m0/s1. The summed E-state index contributed by atoms with van der Waals surface area (Å²) in [4.78, 5) is 20.0. The van der Waals surface area contributed by atoms with Crippen LogP contribution >= 0.6 is 23.1 Å². The van der Waals surface area contributed by atoms with E-state index in [2.05, 4.69) is 23.3 Å². The van der Waals surface area contributed by atoms with Gasteiger partial charge in [0.2, 0.25) is 10.0 Å². The Labute approximate surface area is 196 Å². The van der Waals surface area contributed by atoms with Gasteiger partial charge in [-0.05, 0) is 49.1 Å². The van der Waals surface area contributed by atoms with Crippen molar-refractivity contribution in [3.05, 3.63) is 59.0 Å². The lowest BCUT2D eigenvalue weighted by Crippen LogP contribution is -2.39. The number of thiazole rings is 1. The predicted octanol–water partition coefficient (Wildman–Crippen LogP) is 5.09. The number of carbonyl (C=O) groups excluding carboxylic acids is 1. The number of anilines is 1. The molecule has 0 aliphatic carbocycles. The second-order valence-electron chi connectivity index (χ2n) is 8.16. The highest BCUT2D eigenvalue weighted by atomic mass is 32.2. The van der Waals surface area contributed by atoms with Gasteiger partial charge in [0.1, 0.15) is 0 Å². The minimum absolute atomic E-state index is 0.224. The van der Waals surface area contributed by atoms with Crippen molar-refractivity contribution in [2.45, 2.75) is 35.3 Å². The monoisotopic (exact) mass is 485 g/mol. The number of benzene rings is 2. The number of sulfonamides is 1. The van der Waals surface area contributed by atoms with Crippen molar-refractivity contribution in [3.63, 3.8) is 0 Å². The van der Waals surface area contributed by atoms with E-state index in [4.69, 9.17) is 0 Å². The summed E-state index contributed by atoms with van der Waals surface area (Å²) in [5.41, 5.74) is 2.42. The molecule has 6 nitrogen and oxygen atoms in total. The quantitative estimate of drug-likeness (QED) is 0.557. The minimum Gasteiger partial charge on any atom is -0.298 e. The molecule has 166 valence electrons. The van der Waals surface area contributed by atoms with Crippen LogP contribution in [0.4, 0.5) is 5.13 Å². The number of thioether (sulfide) groups is 1. The molecule has 0 radical (unpaired) electrons. The molecule has 3 aromatic rings. The molecule has 2 aliphatic heterocycles. The number of nitrogens with zero attached hydrogens (tertiary/aromatic N) is 2. The van der Waals surface area contributed by atoms with Crippen molar-refractivity contribution >= 4 is 44.2 Å². The van der Waals surface area contributed by atoms with Gasteiger partial charge in [0, 0.05) is 39.7 Å². The molecular weight excluding hydrogens is 462 g/mol. The molecule has 1 amide bonds. The number of nitrogens with one attached hydrogen (secondary N) is 1. The predicted molar refractivity (Wildman–Crippen MR) is 129 cm³/mol. The Balaban J connectivity index is 1.32. The van der Waals surface area contributed by atoms with Gasteiger partial charge in [-0.3, -0.25) is 10.1 Å². The van der Waals surface area contributed by atoms with E-state index in [1.807, 2.05) is 18.2 Å². The van der Waals surface area contributed by atoms with Gasteiger partial charge in [0.25, 0.3) is 5.91 Å². The Hall–Kier alpha value is -2.20. The van der Waals surface area contributed by atoms with Crippen molar-refractivity contribution in [2.24, 2.45) is 5.92 Å². The first kappa shape index (κ1) is 21.6. The van der Waals surface area contributed by atoms with E-state index in [1.54, 1.807) is 28.2 Å². The SMILES string of the molecule is C[C@H]1CCCN(S(=O)(=O)c2ccc(C(=O)Nc3nc4c(s3)CSc3ccccc3-4)cc2)C1. The lowest BCUT2D eigenvalue weighted by atomic mass is 10.0. The van der Waals surface area contributed by atoms with E-state index in [0.29, 0.717) is 29.7 Å². The zero-order chi connectivity index (χ0) is 22.3. The second kappa shape index (κ2) is 8.62. The summed E-state index contributed by atoms with van der Waals surface area (Å²) in [6.45, 7) is 3.16. The molecule has 3 heterocycles. The largest absolute Gasteiger partial charge is 0.298 e.